The Balaban J connectivity index is 2.41. The topological polar surface area (TPSA) is 75.4 Å². The van der Waals surface area contributed by atoms with Crippen LogP contribution < -0.4 is 11.1 Å². The Morgan fingerprint density at radius 2 is 2.31 bits per heavy atom. The molecule has 70 valence electrons. The van der Waals surface area contributed by atoms with Gasteiger partial charge in [0.25, 0.3) is 0 Å². The third kappa shape index (κ3) is 3.57. The molecule has 0 heterocycles. The molecule has 0 saturated heterocycles. The molecule has 13 heavy (non-hydrogen) atoms. The van der Waals surface area contributed by atoms with E-state index >= 15 is 0 Å². The van der Waals surface area contributed by atoms with E-state index in [0.717, 1.165) is 5.56 Å². The van der Waals surface area contributed by atoms with Crippen molar-refractivity contribution in [2.45, 2.75) is 6.54 Å². The smallest absolute Gasteiger partial charge is 0.231 e. The Morgan fingerprint density at radius 3 is 2.92 bits per heavy atom. The van der Waals surface area contributed by atoms with E-state index in [4.69, 9.17) is 10.8 Å². The summed E-state index contributed by atoms with van der Waals surface area (Å²) >= 11 is 0. The normalized spacial score (nSPS) is 9.85. The summed E-state index contributed by atoms with van der Waals surface area (Å²) < 4.78 is 0. The highest BCUT2D eigenvalue weighted by Gasteiger charge is 1.95. The van der Waals surface area contributed by atoms with Crippen LogP contribution in [0.4, 0.5) is 0 Å². The maximum Gasteiger partial charge on any atom is 0.231 e. The van der Waals surface area contributed by atoms with E-state index in [0.29, 0.717) is 6.54 Å². The van der Waals surface area contributed by atoms with Crippen LogP contribution in [0.15, 0.2) is 24.3 Å². The van der Waals surface area contributed by atoms with Gasteiger partial charge in [0.15, 0.2) is 0 Å². The lowest BCUT2D eigenvalue weighted by molar-refractivity contribution is -0.117. The molecule has 1 aromatic carbocycles. The number of aromatic hydroxyl groups is 1. The lowest BCUT2D eigenvalue weighted by atomic mass is 10.2. The monoisotopic (exact) mass is 180 g/mol. The molecule has 0 saturated carbocycles. The highest BCUT2D eigenvalue weighted by Crippen LogP contribution is 2.09. The molecule has 0 bridgehead atoms. The summed E-state index contributed by atoms with van der Waals surface area (Å²) in [4.78, 5) is 10.4. The van der Waals surface area contributed by atoms with Crippen molar-refractivity contribution in [3.63, 3.8) is 0 Å². The first-order valence-corrected chi connectivity index (χ1v) is 3.95. The molecule has 1 amide bonds. The van der Waals surface area contributed by atoms with E-state index in [2.05, 4.69) is 5.32 Å². The third-order valence-electron chi connectivity index (χ3n) is 1.54. The second kappa shape index (κ2) is 4.47. The highest BCUT2D eigenvalue weighted by atomic mass is 16.3. The molecule has 1 rings (SSSR count). The number of carbonyl (C=O) groups excluding carboxylic acids is 1. The van der Waals surface area contributed by atoms with E-state index in [1.165, 1.54) is 0 Å². The number of primary amides is 1. The van der Waals surface area contributed by atoms with Gasteiger partial charge >= 0.3 is 0 Å². The van der Waals surface area contributed by atoms with Crippen molar-refractivity contribution in [3.8, 4) is 5.75 Å². The maximum absolute atomic E-state index is 10.4. The Labute approximate surface area is 76.4 Å². The van der Waals surface area contributed by atoms with Crippen LogP contribution >= 0.6 is 0 Å². The van der Waals surface area contributed by atoms with Crippen LogP contribution in [-0.4, -0.2) is 17.6 Å². The van der Waals surface area contributed by atoms with E-state index in [1.54, 1.807) is 18.2 Å². The molecule has 0 aliphatic carbocycles. The van der Waals surface area contributed by atoms with Crippen molar-refractivity contribution >= 4 is 5.91 Å². The van der Waals surface area contributed by atoms with Gasteiger partial charge in [-0.05, 0) is 17.7 Å². The number of hydrogen-bond acceptors (Lipinski definition) is 3. The zero-order chi connectivity index (χ0) is 9.68. The summed E-state index contributed by atoms with van der Waals surface area (Å²) in [5, 5.41) is 11.9. The Hall–Kier alpha value is -1.55. The van der Waals surface area contributed by atoms with Crippen LogP contribution in [0.25, 0.3) is 0 Å². The second-order valence-electron chi connectivity index (χ2n) is 2.74. The van der Waals surface area contributed by atoms with Gasteiger partial charge in [0.2, 0.25) is 5.91 Å². The number of nitrogens with two attached hydrogens (primary N) is 1. The van der Waals surface area contributed by atoms with Crippen LogP contribution in [0.2, 0.25) is 0 Å². The Bertz CT molecular complexity index is 299. The van der Waals surface area contributed by atoms with Crippen LogP contribution in [-0.2, 0) is 11.3 Å². The number of amides is 1. The van der Waals surface area contributed by atoms with Gasteiger partial charge < -0.3 is 16.2 Å². The molecule has 4 nitrogen and oxygen atoms in total. The van der Waals surface area contributed by atoms with E-state index in [9.17, 15) is 4.79 Å². The maximum atomic E-state index is 10.4. The van der Waals surface area contributed by atoms with Crippen LogP contribution in [0.1, 0.15) is 5.56 Å². The fourth-order valence-electron chi connectivity index (χ4n) is 0.996. The summed E-state index contributed by atoms with van der Waals surface area (Å²) in [6, 6.07) is 6.83. The minimum Gasteiger partial charge on any atom is -0.508 e. The first-order valence-electron chi connectivity index (χ1n) is 3.95. The third-order valence-corrected chi connectivity index (χ3v) is 1.54. The first-order chi connectivity index (χ1) is 6.18. The molecule has 0 aliphatic heterocycles. The average molecular weight is 180 g/mol. The minimum atomic E-state index is -0.389. The zero-order valence-electron chi connectivity index (χ0n) is 7.16. The van der Waals surface area contributed by atoms with Gasteiger partial charge in [-0.15, -0.1) is 0 Å². The summed E-state index contributed by atoms with van der Waals surface area (Å²) in [5.74, 6) is -0.168. The largest absolute Gasteiger partial charge is 0.508 e. The number of nitrogens with one attached hydrogen (secondary N) is 1. The average Bonchev–Trinajstić information content (AvgIpc) is 2.03. The predicted octanol–water partition coefficient (Wildman–Crippen LogP) is -0.0329. The fraction of sp³-hybridized carbons (Fsp3) is 0.222. The quantitative estimate of drug-likeness (QED) is 0.609. The van der Waals surface area contributed by atoms with Crippen LogP contribution in [0.5, 0.6) is 5.75 Å². The highest BCUT2D eigenvalue weighted by molar-refractivity contribution is 5.75. The van der Waals surface area contributed by atoms with E-state index in [1.807, 2.05) is 6.07 Å². The predicted molar refractivity (Wildman–Crippen MR) is 49.0 cm³/mol. The summed E-state index contributed by atoms with van der Waals surface area (Å²) in [6.45, 7) is 0.674. The second-order valence-corrected chi connectivity index (χ2v) is 2.74. The van der Waals surface area contributed by atoms with Gasteiger partial charge in [0.1, 0.15) is 5.75 Å². The van der Waals surface area contributed by atoms with E-state index < -0.39 is 0 Å². The lowest BCUT2D eigenvalue weighted by Crippen LogP contribution is -2.27. The van der Waals surface area contributed by atoms with Gasteiger partial charge in [-0.3, -0.25) is 4.79 Å². The number of phenols is 1. The standard InChI is InChI=1S/C9H12N2O2/c10-9(13)6-11-5-7-2-1-3-8(12)4-7/h1-4,11-12H,5-6H2,(H2,10,13). The summed E-state index contributed by atoms with van der Waals surface area (Å²) in [5.41, 5.74) is 5.85. The number of rotatable bonds is 4. The number of phenolic OH excluding ortho intramolecular Hbond substituents is 1. The van der Waals surface area contributed by atoms with Crippen molar-refractivity contribution in [2.75, 3.05) is 6.54 Å². The van der Waals surface area contributed by atoms with Crippen LogP contribution in [0, 0.1) is 0 Å². The van der Waals surface area contributed by atoms with Gasteiger partial charge in [-0.25, -0.2) is 0 Å². The van der Waals surface area contributed by atoms with Crippen molar-refractivity contribution in [1.82, 2.24) is 5.32 Å². The van der Waals surface area contributed by atoms with Crippen molar-refractivity contribution in [2.24, 2.45) is 5.73 Å². The van der Waals surface area contributed by atoms with Gasteiger partial charge in [-0.2, -0.15) is 0 Å². The summed E-state index contributed by atoms with van der Waals surface area (Å²) in [7, 11) is 0. The SMILES string of the molecule is NC(=O)CNCc1cccc(O)c1. The Kier molecular flexibility index (Phi) is 3.28. The molecule has 4 heteroatoms. The molecule has 0 atom stereocenters. The van der Waals surface area contributed by atoms with Crippen LogP contribution in [0.3, 0.4) is 0 Å². The van der Waals surface area contributed by atoms with Crippen molar-refractivity contribution < 1.29 is 9.90 Å². The van der Waals surface area contributed by atoms with Gasteiger partial charge in [0.05, 0.1) is 6.54 Å². The number of benzene rings is 1. The first kappa shape index (κ1) is 9.54. The van der Waals surface area contributed by atoms with Gasteiger partial charge in [0, 0.05) is 6.54 Å². The molecule has 0 aliphatic rings. The molecular formula is C9H12N2O2. The molecule has 0 spiro atoms. The minimum absolute atomic E-state index is 0.148. The molecule has 0 aromatic heterocycles. The van der Waals surface area contributed by atoms with E-state index in [-0.39, 0.29) is 18.2 Å². The molecule has 1 aromatic rings. The Morgan fingerprint density at radius 1 is 1.54 bits per heavy atom. The zero-order valence-corrected chi connectivity index (χ0v) is 7.16. The molecule has 0 unspecified atom stereocenters. The lowest BCUT2D eigenvalue weighted by Gasteiger charge is -2.02. The number of carbonyl (C=O) groups is 1. The van der Waals surface area contributed by atoms with Gasteiger partial charge in [-0.1, -0.05) is 12.1 Å². The van der Waals surface area contributed by atoms with Crippen molar-refractivity contribution in [1.29, 1.82) is 0 Å². The number of hydrogen-bond donors (Lipinski definition) is 3. The van der Waals surface area contributed by atoms with Crippen molar-refractivity contribution in [3.05, 3.63) is 29.8 Å². The molecular weight excluding hydrogens is 168 g/mol. The summed E-state index contributed by atoms with van der Waals surface area (Å²) in [6.07, 6.45) is 0. The fourth-order valence-corrected chi connectivity index (χ4v) is 0.996. The molecule has 0 fully saturated rings. The molecule has 4 N–H and O–H groups in total. The molecule has 0 radical (unpaired) electrons.